The standard InChI is InChI=1S/C15H20N4O3S2/c1-2-6-11(12(20)19-13(16)24-14(17)23)18-15(21)22-9-10-7-4-3-5-8-10/h3-5,7-8,11H,2,6,9H2,1H3,(H2,17,23)(H,18,21)(H2,16,19,20). The molecule has 5 N–H and O–H groups in total. The summed E-state index contributed by atoms with van der Waals surface area (Å²) in [5.41, 5.74) is 11.7. The lowest BCUT2D eigenvalue weighted by atomic mass is 10.1. The molecule has 0 aliphatic rings. The monoisotopic (exact) mass is 368 g/mol. The molecule has 0 saturated carbocycles. The number of thiocarbonyl (C=S) groups is 1. The number of ether oxygens (including phenoxy) is 1. The predicted octanol–water partition coefficient (Wildman–Crippen LogP) is 1.90. The molecule has 1 aromatic carbocycles. The Balaban J connectivity index is 2.59. The molecule has 1 unspecified atom stereocenters. The highest BCUT2D eigenvalue weighted by atomic mass is 32.2. The largest absolute Gasteiger partial charge is 0.445 e. The molecule has 0 saturated heterocycles. The molecule has 0 bridgehead atoms. The van der Waals surface area contributed by atoms with Crippen LogP contribution in [0.3, 0.4) is 0 Å². The van der Waals surface area contributed by atoms with Crippen LogP contribution in [0.2, 0.25) is 0 Å². The van der Waals surface area contributed by atoms with Gasteiger partial charge in [-0.1, -0.05) is 55.9 Å². The number of nitrogens with two attached hydrogens (primary N) is 2. The molecule has 24 heavy (non-hydrogen) atoms. The van der Waals surface area contributed by atoms with E-state index in [0.717, 1.165) is 17.3 Å². The fraction of sp³-hybridized carbons (Fsp3) is 0.333. The van der Waals surface area contributed by atoms with E-state index in [-0.39, 0.29) is 16.1 Å². The Bertz CT molecular complexity index is 608. The second-order valence-electron chi connectivity index (χ2n) is 4.76. The van der Waals surface area contributed by atoms with Crippen molar-refractivity contribution in [2.45, 2.75) is 32.4 Å². The fourth-order valence-corrected chi connectivity index (χ4v) is 2.36. The number of rotatable bonds is 6. The first-order valence-electron chi connectivity index (χ1n) is 7.24. The summed E-state index contributed by atoms with van der Waals surface area (Å²) in [6.45, 7) is 2.00. The minimum absolute atomic E-state index is 0.0614. The zero-order valence-corrected chi connectivity index (χ0v) is 14.9. The molecule has 0 heterocycles. The first-order valence-corrected chi connectivity index (χ1v) is 8.47. The highest BCUT2D eigenvalue weighted by Gasteiger charge is 2.21. The lowest BCUT2D eigenvalue weighted by Crippen LogP contribution is -2.41. The Labute approximate surface area is 150 Å². The van der Waals surface area contributed by atoms with E-state index in [1.165, 1.54) is 0 Å². The third-order valence-corrected chi connectivity index (χ3v) is 3.56. The number of alkyl carbamates (subject to hydrolysis) is 1. The predicted molar refractivity (Wildman–Crippen MR) is 99.5 cm³/mol. The Morgan fingerprint density at radius 3 is 2.58 bits per heavy atom. The average molecular weight is 368 g/mol. The van der Waals surface area contributed by atoms with Gasteiger partial charge in [-0.25, -0.2) is 4.79 Å². The summed E-state index contributed by atoms with van der Waals surface area (Å²) in [7, 11) is 0. The van der Waals surface area contributed by atoms with Crippen LogP contribution < -0.4 is 16.8 Å². The van der Waals surface area contributed by atoms with Gasteiger partial charge in [0.05, 0.1) is 0 Å². The van der Waals surface area contributed by atoms with Gasteiger partial charge in [-0.2, -0.15) is 4.99 Å². The topological polar surface area (TPSA) is 120 Å². The number of nitrogens with one attached hydrogen (secondary N) is 1. The number of amidine groups is 1. The van der Waals surface area contributed by atoms with Crippen LogP contribution in [0.5, 0.6) is 0 Å². The summed E-state index contributed by atoms with van der Waals surface area (Å²) in [5, 5.41) is 2.44. The quantitative estimate of drug-likeness (QED) is 0.398. The summed E-state index contributed by atoms with van der Waals surface area (Å²) < 4.78 is 5.16. The van der Waals surface area contributed by atoms with E-state index < -0.39 is 18.0 Å². The van der Waals surface area contributed by atoms with Crippen LogP contribution in [0.15, 0.2) is 35.3 Å². The van der Waals surface area contributed by atoms with Crippen molar-refractivity contribution in [3.63, 3.8) is 0 Å². The number of nitrogens with zero attached hydrogens (tertiary/aromatic N) is 1. The summed E-state index contributed by atoms with van der Waals surface area (Å²) in [6.07, 6.45) is 0.391. The van der Waals surface area contributed by atoms with Gasteiger partial charge in [0, 0.05) is 0 Å². The van der Waals surface area contributed by atoms with Crippen molar-refractivity contribution < 1.29 is 14.3 Å². The van der Waals surface area contributed by atoms with Crippen LogP contribution in [-0.4, -0.2) is 27.5 Å². The van der Waals surface area contributed by atoms with Gasteiger partial charge >= 0.3 is 6.09 Å². The lowest BCUT2D eigenvalue weighted by Gasteiger charge is -2.15. The molecule has 0 fully saturated rings. The number of thioether (sulfide) groups is 1. The summed E-state index contributed by atoms with van der Waals surface area (Å²) in [6, 6.07) is 8.41. The second-order valence-corrected chi connectivity index (χ2v) is 6.52. The van der Waals surface area contributed by atoms with Crippen molar-refractivity contribution in [2.75, 3.05) is 0 Å². The molecule has 2 amide bonds. The zero-order chi connectivity index (χ0) is 17.9. The van der Waals surface area contributed by atoms with E-state index in [9.17, 15) is 9.59 Å². The molecule has 1 rings (SSSR count). The van der Waals surface area contributed by atoms with E-state index in [2.05, 4.69) is 22.5 Å². The third kappa shape index (κ3) is 7.93. The Morgan fingerprint density at radius 1 is 1.33 bits per heavy atom. The van der Waals surface area contributed by atoms with E-state index >= 15 is 0 Å². The van der Waals surface area contributed by atoms with Gasteiger partial charge < -0.3 is 21.5 Å². The second kappa shape index (κ2) is 10.6. The van der Waals surface area contributed by atoms with Gasteiger partial charge in [0.25, 0.3) is 5.91 Å². The smallest absolute Gasteiger partial charge is 0.408 e. The number of carbonyl (C=O) groups is 2. The minimum atomic E-state index is -0.816. The molecule has 0 spiro atoms. The van der Waals surface area contributed by atoms with Crippen molar-refractivity contribution >= 4 is 45.5 Å². The van der Waals surface area contributed by atoms with Crippen LogP contribution in [0.4, 0.5) is 4.79 Å². The maximum Gasteiger partial charge on any atom is 0.408 e. The molecule has 0 aliphatic heterocycles. The Morgan fingerprint density at radius 2 is 2.00 bits per heavy atom. The number of amides is 2. The SMILES string of the molecule is CCCC(NC(=O)OCc1ccccc1)C(=O)N=C(N)SC(N)=S. The van der Waals surface area contributed by atoms with Gasteiger partial charge in [-0.05, 0) is 23.7 Å². The van der Waals surface area contributed by atoms with Gasteiger partial charge in [0.1, 0.15) is 17.0 Å². The molecular formula is C15H20N4O3S2. The summed E-state index contributed by atoms with van der Waals surface area (Å²) in [5.74, 6) is -0.574. The molecule has 0 radical (unpaired) electrons. The highest BCUT2D eigenvalue weighted by Crippen LogP contribution is 2.05. The Hall–Kier alpha value is -2.13. The molecule has 130 valence electrons. The first-order chi connectivity index (χ1) is 11.4. The van der Waals surface area contributed by atoms with E-state index in [0.29, 0.717) is 12.8 Å². The third-order valence-electron chi connectivity index (χ3n) is 2.81. The molecular weight excluding hydrogens is 348 g/mol. The van der Waals surface area contributed by atoms with Crippen LogP contribution in [0.1, 0.15) is 25.3 Å². The molecule has 7 nitrogen and oxygen atoms in total. The minimum Gasteiger partial charge on any atom is -0.445 e. The maximum atomic E-state index is 12.1. The molecule has 1 atom stereocenters. The summed E-state index contributed by atoms with van der Waals surface area (Å²) in [4.78, 5) is 27.6. The number of aliphatic imine (C=N–C) groups is 1. The normalized spacial score (nSPS) is 12.3. The van der Waals surface area contributed by atoms with Crippen LogP contribution >= 0.6 is 24.0 Å². The zero-order valence-electron chi connectivity index (χ0n) is 13.2. The van der Waals surface area contributed by atoms with Crippen molar-refractivity contribution in [2.24, 2.45) is 16.5 Å². The number of carbonyl (C=O) groups excluding carboxylic acids is 2. The van der Waals surface area contributed by atoms with Gasteiger partial charge in [-0.3, -0.25) is 4.79 Å². The number of hydrogen-bond donors (Lipinski definition) is 3. The first kappa shape index (κ1) is 19.9. The van der Waals surface area contributed by atoms with Crippen LogP contribution in [-0.2, 0) is 16.1 Å². The van der Waals surface area contributed by atoms with Crippen molar-refractivity contribution in [3.05, 3.63) is 35.9 Å². The van der Waals surface area contributed by atoms with Crippen LogP contribution in [0, 0.1) is 0 Å². The average Bonchev–Trinajstić information content (AvgIpc) is 2.52. The van der Waals surface area contributed by atoms with Crippen molar-refractivity contribution in [1.29, 1.82) is 0 Å². The molecule has 0 aliphatic carbocycles. The van der Waals surface area contributed by atoms with Gasteiger partial charge in [0.2, 0.25) is 0 Å². The highest BCUT2D eigenvalue weighted by molar-refractivity contribution is 8.32. The van der Waals surface area contributed by atoms with E-state index in [1.54, 1.807) is 0 Å². The summed E-state index contributed by atoms with van der Waals surface area (Å²) >= 11 is 5.49. The lowest BCUT2D eigenvalue weighted by molar-refractivity contribution is -0.119. The van der Waals surface area contributed by atoms with E-state index in [4.69, 9.17) is 16.2 Å². The van der Waals surface area contributed by atoms with Gasteiger partial charge in [-0.15, -0.1) is 0 Å². The molecule has 1 aromatic rings. The van der Waals surface area contributed by atoms with Crippen molar-refractivity contribution in [1.82, 2.24) is 5.32 Å². The molecule has 9 heteroatoms. The van der Waals surface area contributed by atoms with E-state index in [1.807, 2.05) is 37.3 Å². The Kier molecular flexibility index (Phi) is 8.80. The van der Waals surface area contributed by atoms with Crippen LogP contribution in [0.25, 0.3) is 0 Å². The maximum absolute atomic E-state index is 12.1. The van der Waals surface area contributed by atoms with Crippen molar-refractivity contribution in [3.8, 4) is 0 Å². The number of benzene rings is 1. The molecule has 0 aromatic heterocycles. The number of hydrogen-bond acceptors (Lipinski definition) is 5. The van der Waals surface area contributed by atoms with Gasteiger partial charge in [0.15, 0.2) is 5.17 Å². The fourth-order valence-electron chi connectivity index (χ4n) is 1.77.